The highest BCUT2D eigenvalue weighted by molar-refractivity contribution is 7.91. The molecule has 1 unspecified atom stereocenters. The molecule has 3 aromatic rings. The SMILES string of the molecule is Cc1noc(C)c1-c1cnc(N2CCCC(F)(F)CC2)c(C(=O)Nc2cccc(S(C)(=N)=O)c2)c1C. The molecule has 11 heteroatoms. The molecule has 1 aliphatic heterocycles. The topological polar surface area (TPSA) is 112 Å². The highest BCUT2D eigenvalue weighted by Crippen LogP contribution is 2.36. The van der Waals surface area contributed by atoms with E-state index in [1.165, 1.54) is 12.3 Å². The number of anilines is 2. The smallest absolute Gasteiger partial charge is 0.259 e. The third-order valence-corrected chi connectivity index (χ3v) is 7.56. The Morgan fingerprint density at radius 2 is 1.97 bits per heavy atom. The Morgan fingerprint density at radius 3 is 2.64 bits per heavy atom. The first kappa shape index (κ1) is 25.7. The summed E-state index contributed by atoms with van der Waals surface area (Å²) < 4.78 is 53.5. The maximum Gasteiger partial charge on any atom is 0.259 e. The van der Waals surface area contributed by atoms with Crippen LogP contribution in [-0.4, -0.2) is 45.5 Å². The summed E-state index contributed by atoms with van der Waals surface area (Å²) in [5.41, 5.74) is 3.27. The van der Waals surface area contributed by atoms with Gasteiger partial charge in [0.1, 0.15) is 11.6 Å². The third kappa shape index (κ3) is 5.25. The molecule has 0 radical (unpaired) electrons. The zero-order valence-corrected chi connectivity index (χ0v) is 21.5. The number of aryl methyl sites for hydroxylation is 2. The van der Waals surface area contributed by atoms with Gasteiger partial charge in [-0.25, -0.2) is 22.8 Å². The van der Waals surface area contributed by atoms with Crippen molar-refractivity contribution in [3.63, 3.8) is 0 Å². The van der Waals surface area contributed by atoms with Gasteiger partial charge in [0.05, 0.1) is 21.0 Å². The summed E-state index contributed by atoms with van der Waals surface area (Å²) in [5.74, 6) is -2.34. The summed E-state index contributed by atoms with van der Waals surface area (Å²) in [6, 6.07) is 6.32. The number of alkyl halides is 2. The maximum atomic E-state index is 14.1. The van der Waals surface area contributed by atoms with Gasteiger partial charge in [-0.3, -0.25) is 4.79 Å². The van der Waals surface area contributed by atoms with Gasteiger partial charge < -0.3 is 14.7 Å². The maximum absolute atomic E-state index is 14.1. The zero-order chi connectivity index (χ0) is 26.3. The second-order valence-electron chi connectivity index (χ2n) is 9.22. The minimum Gasteiger partial charge on any atom is -0.361 e. The second kappa shape index (κ2) is 9.61. The zero-order valence-electron chi connectivity index (χ0n) is 20.7. The van der Waals surface area contributed by atoms with Crippen molar-refractivity contribution in [3.8, 4) is 11.1 Å². The Balaban J connectivity index is 1.81. The van der Waals surface area contributed by atoms with Crippen LogP contribution in [0.15, 0.2) is 39.9 Å². The molecule has 1 atom stereocenters. The Bertz CT molecular complexity index is 1400. The summed E-state index contributed by atoms with van der Waals surface area (Å²) in [4.78, 5) is 20.3. The third-order valence-electron chi connectivity index (χ3n) is 6.41. The van der Waals surface area contributed by atoms with E-state index in [2.05, 4.69) is 15.5 Å². The lowest BCUT2D eigenvalue weighted by Gasteiger charge is -2.26. The van der Waals surface area contributed by atoms with E-state index in [0.29, 0.717) is 40.6 Å². The Morgan fingerprint density at radius 1 is 1.22 bits per heavy atom. The van der Waals surface area contributed by atoms with Gasteiger partial charge in [0.2, 0.25) is 5.92 Å². The number of carbonyl (C=O) groups is 1. The van der Waals surface area contributed by atoms with Crippen molar-refractivity contribution in [1.82, 2.24) is 10.1 Å². The number of halogens is 2. The summed E-state index contributed by atoms with van der Waals surface area (Å²) in [5, 5.41) is 6.83. The summed E-state index contributed by atoms with van der Waals surface area (Å²) in [7, 11) is -2.98. The highest BCUT2D eigenvalue weighted by Gasteiger charge is 2.34. The fraction of sp³-hybridized carbons (Fsp3) is 0.400. The molecule has 0 saturated carbocycles. The van der Waals surface area contributed by atoms with Crippen molar-refractivity contribution in [1.29, 1.82) is 4.78 Å². The van der Waals surface area contributed by atoms with Gasteiger partial charge in [0, 0.05) is 60.1 Å². The Kier molecular flexibility index (Phi) is 6.87. The van der Waals surface area contributed by atoms with Crippen LogP contribution in [0.5, 0.6) is 0 Å². The molecule has 1 aliphatic rings. The monoisotopic (exact) mass is 517 g/mol. The number of rotatable bonds is 5. The molecule has 1 aromatic carbocycles. The lowest BCUT2D eigenvalue weighted by atomic mass is 9.96. The number of hydrogen-bond donors (Lipinski definition) is 2. The van der Waals surface area contributed by atoms with E-state index in [9.17, 15) is 17.8 Å². The lowest BCUT2D eigenvalue weighted by molar-refractivity contribution is -0.0102. The van der Waals surface area contributed by atoms with Crippen LogP contribution in [0.3, 0.4) is 0 Å². The van der Waals surface area contributed by atoms with Crippen LogP contribution in [0.1, 0.15) is 46.6 Å². The largest absolute Gasteiger partial charge is 0.361 e. The van der Waals surface area contributed by atoms with Crippen LogP contribution in [0.2, 0.25) is 0 Å². The molecule has 8 nitrogen and oxygen atoms in total. The fourth-order valence-electron chi connectivity index (χ4n) is 4.51. The van der Waals surface area contributed by atoms with E-state index in [1.54, 1.807) is 50.1 Å². The first-order valence-electron chi connectivity index (χ1n) is 11.6. The number of amides is 1. The minimum atomic E-state index is -2.98. The van der Waals surface area contributed by atoms with E-state index in [4.69, 9.17) is 9.30 Å². The number of hydrogen-bond acceptors (Lipinski definition) is 7. The number of aromatic nitrogens is 2. The van der Waals surface area contributed by atoms with Crippen molar-refractivity contribution < 1.29 is 22.3 Å². The van der Waals surface area contributed by atoms with E-state index in [-0.39, 0.29) is 36.3 Å². The first-order chi connectivity index (χ1) is 16.9. The van der Waals surface area contributed by atoms with E-state index < -0.39 is 21.6 Å². The highest BCUT2D eigenvalue weighted by atomic mass is 32.2. The van der Waals surface area contributed by atoms with Gasteiger partial charge in [-0.05, 0) is 51.0 Å². The van der Waals surface area contributed by atoms with Crippen molar-refractivity contribution in [2.75, 3.05) is 29.6 Å². The number of pyridine rings is 1. The molecule has 1 amide bonds. The molecule has 2 N–H and O–H groups in total. The number of benzene rings is 1. The first-order valence-corrected chi connectivity index (χ1v) is 13.5. The van der Waals surface area contributed by atoms with Gasteiger partial charge >= 0.3 is 0 Å². The van der Waals surface area contributed by atoms with Gasteiger partial charge in [-0.1, -0.05) is 11.2 Å². The van der Waals surface area contributed by atoms with Gasteiger partial charge in [-0.2, -0.15) is 0 Å². The molecule has 0 spiro atoms. The van der Waals surface area contributed by atoms with Crippen molar-refractivity contribution in [2.24, 2.45) is 0 Å². The minimum absolute atomic E-state index is 0.0661. The van der Waals surface area contributed by atoms with Crippen LogP contribution in [0, 0.1) is 25.6 Å². The van der Waals surface area contributed by atoms with Crippen LogP contribution < -0.4 is 10.2 Å². The Hall–Kier alpha value is -3.34. The molecule has 0 aliphatic carbocycles. The van der Waals surface area contributed by atoms with Gasteiger partial charge in [0.15, 0.2) is 0 Å². The van der Waals surface area contributed by atoms with Gasteiger partial charge in [0.25, 0.3) is 5.91 Å². The normalized spacial score (nSPS) is 17.3. The lowest BCUT2D eigenvalue weighted by Crippen LogP contribution is -2.30. The quantitative estimate of drug-likeness (QED) is 0.457. The van der Waals surface area contributed by atoms with Crippen LogP contribution in [-0.2, 0) is 9.73 Å². The van der Waals surface area contributed by atoms with Crippen molar-refractivity contribution in [2.45, 2.75) is 50.9 Å². The predicted octanol–water partition coefficient (Wildman–Crippen LogP) is 5.58. The average molecular weight is 518 g/mol. The number of nitrogens with zero attached hydrogens (tertiary/aromatic N) is 3. The molecule has 36 heavy (non-hydrogen) atoms. The predicted molar refractivity (Wildman–Crippen MR) is 134 cm³/mol. The molecular formula is C25H29F2N5O3S. The molecular weight excluding hydrogens is 488 g/mol. The van der Waals surface area contributed by atoms with E-state index in [1.807, 2.05) is 0 Å². The standard InChI is InChI=1S/C25H29F2N5O3S/c1-15-20(22-16(2)31-35-17(22)3)14-29-23(32-11-6-9-25(26,27)10-12-32)21(15)24(33)30-18-7-5-8-19(13-18)36(4,28)34/h5,7-8,13-14,28H,6,9-12H2,1-4H3,(H,30,33). The molecule has 2 aromatic heterocycles. The average Bonchev–Trinajstić information content (AvgIpc) is 3.01. The summed E-state index contributed by atoms with van der Waals surface area (Å²) >= 11 is 0. The van der Waals surface area contributed by atoms with Crippen LogP contribution >= 0.6 is 0 Å². The van der Waals surface area contributed by atoms with E-state index >= 15 is 0 Å². The van der Waals surface area contributed by atoms with Crippen molar-refractivity contribution in [3.05, 3.63) is 53.0 Å². The van der Waals surface area contributed by atoms with Gasteiger partial charge in [-0.15, -0.1) is 0 Å². The second-order valence-corrected chi connectivity index (χ2v) is 11.4. The molecule has 1 fully saturated rings. The molecule has 4 rings (SSSR count). The van der Waals surface area contributed by atoms with Crippen LogP contribution in [0.4, 0.5) is 20.3 Å². The molecule has 3 heterocycles. The number of nitrogens with one attached hydrogen (secondary N) is 2. The Labute approximate surface area is 209 Å². The summed E-state index contributed by atoms with van der Waals surface area (Å²) in [6.45, 7) is 5.76. The van der Waals surface area contributed by atoms with E-state index in [0.717, 1.165) is 5.56 Å². The fourth-order valence-corrected chi connectivity index (χ4v) is 5.20. The molecule has 1 saturated heterocycles. The molecule has 192 valence electrons. The summed E-state index contributed by atoms with van der Waals surface area (Å²) in [6.07, 6.45) is 2.68. The molecule has 0 bridgehead atoms. The van der Waals surface area contributed by atoms with Crippen molar-refractivity contribution >= 4 is 27.1 Å². The van der Waals surface area contributed by atoms with Crippen LogP contribution in [0.25, 0.3) is 11.1 Å². The number of carbonyl (C=O) groups excluding carboxylic acids is 1.